The fourth-order valence-corrected chi connectivity index (χ4v) is 2.80. The van der Waals surface area contributed by atoms with Crippen molar-refractivity contribution in [3.63, 3.8) is 0 Å². The van der Waals surface area contributed by atoms with Gasteiger partial charge in [-0.25, -0.2) is 0 Å². The molecule has 0 saturated heterocycles. The summed E-state index contributed by atoms with van der Waals surface area (Å²) in [7, 11) is 0. The van der Waals surface area contributed by atoms with Crippen molar-refractivity contribution in [1.82, 2.24) is 10.6 Å². The van der Waals surface area contributed by atoms with Gasteiger partial charge in [0.25, 0.3) is 0 Å². The Balaban J connectivity index is 3.54. The Kier molecular flexibility index (Phi) is 16.2. The van der Waals surface area contributed by atoms with Crippen LogP contribution in [0.3, 0.4) is 0 Å². The van der Waals surface area contributed by atoms with Crippen LogP contribution in [0.15, 0.2) is 0 Å². The number of nitrogens with one attached hydrogen (secondary N) is 2. The molecule has 4 nitrogen and oxygen atoms in total. The molecule has 0 rings (SSSR count). The van der Waals surface area contributed by atoms with Gasteiger partial charge in [0.1, 0.15) is 0 Å². The Morgan fingerprint density at radius 1 is 0.667 bits per heavy atom. The predicted octanol–water partition coefficient (Wildman–Crippen LogP) is 3.61. The lowest BCUT2D eigenvalue weighted by atomic mass is 10.1. The van der Waals surface area contributed by atoms with Crippen LogP contribution in [0, 0.1) is 0 Å². The minimum absolute atomic E-state index is 0.0461. The van der Waals surface area contributed by atoms with Crippen LogP contribution in [-0.2, 0) is 0 Å². The van der Waals surface area contributed by atoms with Crippen LogP contribution in [0.2, 0.25) is 0 Å². The largest absolute Gasteiger partial charge is 0.392 e. The van der Waals surface area contributed by atoms with E-state index in [1.165, 1.54) is 64.2 Å². The summed E-state index contributed by atoms with van der Waals surface area (Å²) in [5, 5.41) is 26.1. The van der Waals surface area contributed by atoms with Crippen LogP contribution in [-0.4, -0.2) is 47.6 Å². The third-order valence-corrected chi connectivity index (χ3v) is 4.90. The SMILES string of the molecule is CCCCCCCCCCCCNC(CNC(C)C(C)O)C(C)O. The molecule has 0 aliphatic heterocycles. The molecule has 4 atom stereocenters. The molecule has 146 valence electrons. The normalized spacial score (nSPS) is 16.8. The van der Waals surface area contributed by atoms with E-state index in [9.17, 15) is 10.2 Å². The maximum atomic E-state index is 9.86. The van der Waals surface area contributed by atoms with Crippen LogP contribution in [0.4, 0.5) is 0 Å². The highest BCUT2D eigenvalue weighted by Gasteiger charge is 2.16. The van der Waals surface area contributed by atoms with Gasteiger partial charge in [-0.15, -0.1) is 0 Å². The molecule has 0 fully saturated rings. The lowest BCUT2D eigenvalue weighted by Gasteiger charge is -2.25. The van der Waals surface area contributed by atoms with E-state index < -0.39 is 0 Å². The first-order valence-corrected chi connectivity index (χ1v) is 10.3. The van der Waals surface area contributed by atoms with Crippen molar-refractivity contribution in [3.05, 3.63) is 0 Å². The second-order valence-electron chi connectivity index (χ2n) is 7.42. The molecule has 4 unspecified atom stereocenters. The second kappa shape index (κ2) is 16.3. The Morgan fingerprint density at radius 2 is 1.17 bits per heavy atom. The zero-order valence-electron chi connectivity index (χ0n) is 16.7. The van der Waals surface area contributed by atoms with Gasteiger partial charge in [0, 0.05) is 18.6 Å². The zero-order chi connectivity index (χ0) is 18.2. The Labute approximate surface area is 150 Å². The van der Waals surface area contributed by atoms with Gasteiger partial charge in [-0.2, -0.15) is 0 Å². The molecule has 0 amide bonds. The number of rotatable bonds is 17. The van der Waals surface area contributed by atoms with E-state index in [4.69, 9.17) is 0 Å². The summed E-state index contributed by atoms with van der Waals surface area (Å²) in [5.74, 6) is 0. The van der Waals surface area contributed by atoms with Gasteiger partial charge in [-0.1, -0.05) is 64.7 Å². The number of unbranched alkanes of at least 4 members (excludes halogenated alkanes) is 9. The van der Waals surface area contributed by atoms with Gasteiger partial charge in [-0.3, -0.25) is 0 Å². The van der Waals surface area contributed by atoms with E-state index in [0.717, 1.165) is 6.54 Å². The molecule has 24 heavy (non-hydrogen) atoms. The summed E-state index contributed by atoms with van der Waals surface area (Å²) in [6, 6.07) is 0.0927. The van der Waals surface area contributed by atoms with Crippen LogP contribution in [0.1, 0.15) is 91.9 Å². The average molecular weight is 345 g/mol. The van der Waals surface area contributed by atoms with Crippen molar-refractivity contribution in [2.45, 2.75) is 116 Å². The monoisotopic (exact) mass is 344 g/mol. The summed E-state index contributed by atoms with van der Waals surface area (Å²) >= 11 is 0. The third-order valence-electron chi connectivity index (χ3n) is 4.90. The lowest BCUT2D eigenvalue weighted by Crippen LogP contribution is -2.49. The minimum Gasteiger partial charge on any atom is -0.392 e. The van der Waals surface area contributed by atoms with Gasteiger partial charge in [0.15, 0.2) is 0 Å². The predicted molar refractivity (Wildman–Crippen MR) is 104 cm³/mol. The molecule has 0 heterocycles. The van der Waals surface area contributed by atoms with Crippen molar-refractivity contribution in [2.75, 3.05) is 13.1 Å². The summed E-state index contributed by atoms with van der Waals surface area (Å²) < 4.78 is 0. The summed E-state index contributed by atoms with van der Waals surface area (Å²) in [6.07, 6.45) is 12.7. The first kappa shape index (κ1) is 23.8. The smallest absolute Gasteiger partial charge is 0.0677 e. The number of aliphatic hydroxyl groups excluding tert-OH is 2. The molecule has 0 radical (unpaired) electrons. The van der Waals surface area contributed by atoms with E-state index in [-0.39, 0.29) is 24.3 Å². The first-order chi connectivity index (χ1) is 11.5. The van der Waals surface area contributed by atoms with E-state index in [0.29, 0.717) is 6.54 Å². The zero-order valence-corrected chi connectivity index (χ0v) is 16.7. The van der Waals surface area contributed by atoms with Gasteiger partial charge in [0.05, 0.1) is 12.2 Å². The molecule has 0 aliphatic carbocycles. The Hall–Kier alpha value is -0.160. The molecule has 0 bridgehead atoms. The van der Waals surface area contributed by atoms with Gasteiger partial charge < -0.3 is 20.8 Å². The molecule has 4 N–H and O–H groups in total. The van der Waals surface area contributed by atoms with E-state index in [1.54, 1.807) is 6.92 Å². The minimum atomic E-state index is -0.387. The van der Waals surface area contributed by atoms with Crippen LogP contribution < -0.4 is 10.6 Å². The Bertz CT molecular complexity index is 260. The van der Waals surface area contributed by atoms with Gasteiger partial charge >= 0.3 is 0 Å². The molecule has 0 spiro atoms. The first-order valence-electron chi connectivity index (χ1n) is 10.3. The highest BCUT2D eigenvalue weighted by molar-refractivity contribution is 4.78. The second-order valence-corrected chi connectivity index (χ2v) is 7.42. The van der Waals surface area contributed by atoms with Crippen molar-refractivity contribution in [3.8, 4) is 0 Å². The molecular weight excluding hydrogens is 300 g/mol. The highest BCUT2D eigenvalue weighted by Crippen LogP contribution is 2.10. The maximum Gasteiger partial charge on any atom is 0.0677 e. The molecule has 0 aromatic rings. The molecular formula is C20H44N2O2. The number of hydrogen-bond acceptors (Lipinski definition) is 4. The topological polar surface area (TPSA) is 64.5 Å². The van der Waals surface area contributed by atoms with Crippen LogP contribution in [0.5, 0.6) is 0 Å². The Morgan fingerprint density at radius 3 is 1.62 bits per heavy atom. The van der Waals surface area contributed by atoms with E-state index in [1.807, 2.05) is 13.8 Å². The molecule has 0 aromatic heterocycles. The highest BCUT2D eigenvalue weighted by atomic mass is 16.3. The molecule has 0 aliphatic rings. The van der Waals surface area contributed by atoms with E-state index >= 15 is 0 Å². The summed E-state index contributed by atoms with van der Waals surface area (Å²) in [6.45, 7) is 9.47. The number of aliphatic hydroxyl groups is 2. The van der Waals surface area contributed by atoms with Crippen molar-refractivity contribution < 1.29 is 10.2 Å². The molecule has 0 saturated carbocycles. The van der Waals surface area contributed by atoms with E-state index in [2.05, 4.69) is 17.6 Å². The number of hydrogen-bond donors (Lipinski definition) is 4. The third kappa shape index (κ3) is 14.2. The summed E-state index contributed by atoms with van der Waals surface area (Å²) in [5.41, 5.74) is 0. The van der Waals surface area contributed by atoms with Crippen molar-refractivity contribution in [1.29, 1.82) is 0 Å². The summed E-state index contributed by atoms with van der Waals surface area (Å²) in [4.78, 5) is 0. The quantitative estimate of drug-likeness (QED) is 0.304. The van der Waals surface area contributed by atoms with Gasteiger partial charge in [0.2, 0.25) is 0 Å². The molecule has 0 aromatic carbocycles. The van der Waals surface area contributed by atoms with Gasteiger partial charge in [-0.05, 0) is 33.7 Å². The maximum absolute atomic E-state index is 9.86. The fraction of sp³-hybridized carbons (Fsp3) is 1.00. The van der Waals surface area contributed by atoms with Crippen molar-refractivity contribution >= 4 is 0 Å². The lowest BCUT2D eigenvalue weighted by molar-refractivity contribution is 0.124. The molecule has 4 heteroatoms. The van der Waals surface area contributed by atoms with Crippen LogP contribution in [0.25, 0.3) is 0 Å². The average Bonchev–Trinajstić information content (AvgIpc) is 2.54. The van der Waals surface area contributed by atoms with Crippen molar-refractivity contribution in [2.24, 2.45) is 0 Å². The standard InChI is InChI=1S/C20H44N2O2/c1-5-6-7-8-9-10-11-12-13-14-15-21-20(19(4)24)16-22-17(2)18(3)23/h17-24H,5-16H2,1-4H3. The fourth-order valence-electron chi connectivity index (χ4n) is 2.80. The van der Waals surface area contributed by atoms with Crippen LogP contribution >= 0.6 is 0 Å².